The molecular formula is C17H14ClN5O2S. The number of aromatic nitrogens is 2. The van der Waals surface area contributed by atoms with Crippen LogP contribution >= 0.6 is 23.8 Å². The van der Waals surface area contributed by atoms with E-state index in [0.717, 1.165) is 5.56 Å². The second-order valence-corrected chi connectivity index (χ2v) is 6.21. The highest BCUT2D eigenvalue weighted by molar-refractivity contribution is 7.80. The molecule has 0 saturated heterocycles. The van der Waals surface area contributed by atoms with E-state index in [2.05, 4.69) is 15.7 Å². The quantitative estimate of drug-likeness (QED) is 0.385. The van der Waals surface area contributed by atoms with Crippen molar-refractivity contribution in [2.24, 2.45) is 0 Å². The lowest BCUT2D eigenvalue weighted by molar-refractivity contribution is -0.384. The topological polar surface area (TPSA) is 85.0 Å². The van der Waals surface area contributed by atoms with Crippen LogP contribution in [0.15, 0.2) is 60.8 Å². The summed E-state index contributed by atoms with van der Waals surface area (Å²) in [6, 6.07) is 15.9. The fourth-order valence-corrected chi connectivity index (χ4v) is 2.71. The molecule has 0 fully saturated rings. The summed E-state index contributed by atoms with van der Waals surface area (Å²) in [6.07, 6.45) is 1.70. The number of rotatable bonds is 5. The summed E-state index contributed by atoms with van der Waals surface area (Å²) >= 11 is 11.4. The fourth-order valence-electron chi connectivity index (χ4n) is 2.30. The standard InChI is InChI=1S/C17H14ClN5O2S/c18-15-11-22(10-12-5-2-1-3-6-12)21-16(15)20-17(26)19-13-7-4-8-14(9-13)23(24)25/h1-9,11H,10H2,(H2,19,20,21,26). The third-order valence-electron chi connectivity index (χ3n) is 3.45. The van der Waals surface area contributed by atoms with Crippen LogP contribution in [0.1, 0.15) is 5.56 Å². The lowest BCUT2D eigenvalue weighted by Gasteiger charge is -2.08. The number of anilines is 2. The van der Waals surface area contributed by atoms with Crippen LogP contribution in [0.4, 0.5) is 17.2 Å². The van der Waals surface area contributed by atoms with E-state index in [9.17, 15) is 10.1 Å². The molecule has 132 valence electrons. The molecule has 7 nitrogen and oxygen atoms in total. The van der Waals surface area contributed by atoms with E-state index in [-0.39, 0.29) is 10.8 Å². The van der Waals surface area contributed by atoms with Crippen molar-refractivity contribution in [3.63, 3.8) is 0 Å². The minimum Gasteiger partial charge on any atom is -0.332 e. The smallest absolute Gasteiger partial charge is 0.271 e. The van der Waals surface area contributed by atoms with Gasteiger partial charge >= 0.3 is 0 Å². The van der Waals surface area contributed by atoms with Gasteiger partial charge in [0, 0.05) is 24.0 Å². The number of non-ortho nitro benzene ring substituents is 1. The molecule has 0 radical (unpaired) electrons. The highest BCUT2D eigenvalue weighted by Crippen LogP contribution is 2.21. The zero-order chi connectivity index (χ0) is 18.5. The molecule has 0 aliphatic carbocycles. The average molecular weight is 388 g/mol. The van der Waals surface area contributed by atoms with Crippen LogP contribution in [0.3, 0.4) is 0 Å². The molecule has 1 heterocycles. The summed E-state index contributed by atoms with van der Waals surface area (Å²) in [5, 5.41) is 21.6. The largest absolute Gasteiger partial charge is 0.332 e. The lowest BCUT2D eigenvalue weighted by atomic mass is 10.2. The number of thiocarbonyl (C=S) groups is 1. The fraction of sp³-hybridized carbons (Fsp3) is 0.0588. The molecule has 3 rings (SSSR count). The van der Waals surface area contributed by atoms with Gasteiger partial charge in [0.25, 0.3) is 5.69 Å². The molecule has 0 aliphatic heterocycles. The van der Waals surface area contributed by atoms with E-state index in [1.165, 1.54) is 12.1 Å². The predicted molar refractivity (Wildman–Crippen MR) is 106 cm³/mol. The van der Waals surface area contributed by atoms with Gasteiger partial charge in [0.15, 0.2) is 10.9 Å². The van der Waals surface area contributed by atoms with E-state index < -0.39 is 4.92 Å². The van der Waals surface area contributed by atoms with E-state index in [1.807, 2.05) is 30.3 Å². The second-order valence-electron chi connectivity index (χ2n) is 5.40. The molecule has 2 N–H and O–H groups in total. The minimum absolute atomic E-state index is 0.0250. The number of nitrogens with zero attached hydrogens (tertiary/aromatic N) is 3. The van der Waals surface area contributed by atoms with Gasteiger partial charge in [0.1, 0.15) is 5.02 Å². The first-order chi connectivity index (χ1) is 12.5. The maximum Gasteiger partial charge on any atom is 0.271 e. The Morgan fingerprint density at radius 1 is 1.19 bits per heavy atom. The van der Waals surface area contributed by atoms with Gasteiger partial charge in [-0.15, -0.1) is 0 Å². The number of hydrogen-bond donors (Lipinski definition) is 2. The Labute approximate surface area is 159 Å². The van der Waals surface area contributed by atoms with Gasteiger partial charge in [0.2, 0.25) is 0 Å². The minimum atomic E-state index is -0.468. The Hall–Kier alpha value is -2.97. The van der Waals surface area contributed by atoms with Gasteiger partial charge in [-0.2, -0.15) is 5.10 Å². The van der Waals surface area contributed by atoms with Crippen LogP contribution in [0.2, 0.25) is 5.02 Å². The van der Waals surface area contributed by atoms with Gasteiger partial charge in [-0.3, -0.25) is 14.8 Å². The summed E-state index contributed by atoms with van der Waals surface area (Å²) < 4.78 is 1.70. The maximum atomic E-state index is 10.8. The first-order valence-corrected chi connectivity index (χ1v) is 8.39. The van der Waals surface area contributed by atoms with Crippen molar-refractivity contribution in [2.45, 2.75) is 6.54 Å². The number of halogens is 1. The molecule has 1 aromatic heterocycles. The van der Waals surface area contributed by atoms with E-state index in [1.54, 1.807) is 23.0 Å². The number of nitro benzene ring substituents is 1. The van der Waals surface area contributed by atoms with Crippen LogP contribution in [-0.4, -0.2) is 19.8 Å². The van der Waals surface area contributed by atoms with Crippen molar-refractivity contribution in [3.8, 4) is 0 Å². The van der Waals surface area contributed by atoms with Crippen molar-refractivity contribution < 1.29 is 4.92 Å². The molecule has 0 bridgehead atoms. The molecule has 0 saturated carbocycles. The molecular weight excluding hydrogens is 374 g/mol. The number of nitro groups is 1. The third-order valence-corrected chi connectivity index (χ3v) is 3.93. The average Bonchev–Trinajstić information content (AvgIpc) is 2.95. The van der Waals surface area contributed by atoms with E-state index in [4.69, 9.17) is 23.8 Å². The molecule has 9 heteroatoms. The third kappa shape index (κ3) is 4.56. The van der Waals surface area contributed by atoms with Crippen molar-refractivity contribution >= 4 is 46.1 Å². The molecule has 26 heavy (non-hydrogen) atoms. The Balaban J connectivity index is 1.66. The number of nitrogens with one attached hydrogen (secondary N) is 2. The maximum absolute atomic E-state index is 10.8. The SMILES string of the molecule is O=[N+]([O-])c1cccc(NC(=S)Nc2nn(Cc3ccccc3)cc2Cl)c1. The monoisotopic (exact) mass is 387 g/mol. The Bertz CT molecular complexity index is 945. The molecule has 2 aromatic carbocycles. The Kier molecular flexibility index (Phi) is 5.45. The van der Waals surface area contributed by atoms with Crippen molar-refractivity contribution in [1.82, 2.24) is 9.78 Å². The zero-order valence-electron chi connectivity index (χ0n) is 13.4. The van der Waals surface area contributed by atoms with Crippen LogP contribution in [-0.2, 0) is 6.54 Å². The molecule has 0 aliphatic rings. The molecule has 3 aromatic rings. The highest BCUT2D eigenvalue weighted by atomic mass is 35.5. The zero-order valence-corrected chi connectivity index (χ0v) is 15.0. The second kappa shape index (κ2) is 7.94. The van der Waals surface area contributed by atoms with Gasteiger partial charge in [-0.1, -0.05) is 48.0 Å². The van der Waals surface area contributed by atoms with Crippen molar-refractivity contribution in [1.29, 1.82) is 0 Å². The Morgan fingerprint density at radius 2 is 1.96 bits per heavy atom. The van der Waals surface area contributed by atoms with Crippen LogP contribution in [0.25, 0.3) is 0 Å². The summed E-state index contributed by atoms with van der Waals surface area (Å²) in [4.78, 5) is 10.4. The number of hydrogen-bond acceptors (Lipinski definition) is 4. The van der Waals surface area contributed by atoms with Crippen LogP contribution in [0.5, 0.6) is 0 Å². The predicted octanol–water partition coefficient (Wildman–Crippen LogP) is 4.30. The van der Waals surface area contributed by atoms with E-state index >= 15 is 0 Å². The molecule has 0 atom stereocenters. The summed E-state index contributed by atoms with van der Waals surface area (Å²) in [7, 11) is 0. The molecule has 0 amide bonds. The van der Waals surface area contributed by atoms with Gasteiger partial charge < -0.3 is 10.6 Å². The van der Waals surface area contributed by atoms with Crippen LogP contribution < -0.4 is 10.6 Å². The summed E-state index contributed by atoms with van der Waals surface area (Å²) in [5.41, 5.74) is 1.56. The first-order valence-electron chi connectivity index (χ1n) is 7.60. The molecule has 0 spiro atoms. The van der Waals surface area contributed by atoms with Crippen molar-refractivity contribution in [2.75, 3.05) is 10.6 Å². The molecule has 0 unspecified atom stereocenters. The first kappa shape index (κ1) is 17.8. The normalized spacial score (nSPS) is 10.3. The number of benzene rings is 2. The van der Waals surface area contributed by atoms with Gasteiger partial charge in [0.05, 0.1) is 11.5 Å². The summed E-state index contributed by atoms with van der Waals surface area (Å²) in [6.45, 7) is 0.577. The summed E-state index contributed by atoms with van der Waals surface area (Å²) in [5.74, 6) is 0.408. The van der Waals surface area contributed by atoms with Crippen LogP contribution in [0, 0.1) is 10.1 Å². The van der Waals surface area contributed by atoms with Gasteiger partial charge in [-0.05, 0) is 23.8 Å². The highest BCUT2D eigenvalue weighted by Gasteiger charge is 2.11. The Morgan fingerprint density at radius 3 is 2.69 bits per heavy atom. The van der Waals surface area contributed by atoms with E-state index in [0.29, 0.717) is 23.1 Å². The van der Waals surface area contributed by atoms with Gasteiger partial charge in [-0.25, -0.2) is 0 Å². The lowest BCUT2D eigenvalue weighted by Crippen LogP contribution is -2.19. The van der Waals surface area contributed by atoms with Crippen molar-refractivity contribution in [3.05, 3.63) is 81.5 Å².